The molecule has 0 aliphatic carbocycles. The number of aromatic nitrogens is 4. The minimum atomic E-state index is -4.42. The van der Waals surface area contributed by atoms with Crippen molar-refractivity contribution < 1.29 is 22.4 Å². The Labute approximate surface area is 180 Å². The summed E-state index contributed by atoms with van der Waals surface area (Å²) in [6, 6.07) is 6.36. The highest BCUT2D eigenvalue weighted by molar-refractivity contribution is 5.98. The van der Waals surface area contributed by atoms with Crippen molar-refractivity contribution in [3.8, 4) is 5.69 Å². The van der Waals surface area contributed by atoms with E-state index >= 15 is 0 Å². The number of halogens is 4. The topological polar surface area (TPSA) is 63.9 Å². The number of fused-ring (bicyclic) bond motifs is 2. The predicted molar refractivity (Wildman–Crippen MR) is 105 cm³/mol. The average molecular weight is 445 g/mol. The van der Waals surface area contributed by atoms with Gasteiger partial charge in [0.05, 0.1) is 23.5 Å². The van der Waals surface area contributed by atoms with Crippen LogP contribution in [-0.4, -0.2) is 42.9 Å². The normalized spacial score (nSPS) is 22.5. The second kappa shape index (κ2) is 7.68. The molecule has 1 amide bonds. The van der Waals surface area contributed by atoms with E-state index in [2.05, 4.69) is 15.2 Å². The second-order valence-corrected chi connectivity index (χ2v) is 8.23. The number of nitrogens with zero attached hydrogens (tertiary/aromatic N) is 5. The first kappa shape index (κ1) is 20.6. The van der Waals surface area contributed by atoms with Crippen LogP contribution in [0, 0.1) is 11.7 Å². The molecule has 0 spiro atoms. The Bertz CT molecular complexity index is 1130. The van der Waals surface area contributed by atoms with Gasteiger partial charge in [-0.25, -0.2) is 4.39 Å². The number of alkyl halides is 3. The van der Waals surface area contributed by atoms with Gasteiger partial charge < -0.3 is 4.90 Å². The monoisotopic (exact) mass is 445 g/mol. The summed E-state index contributed by atoms with van der Waals surface area (Å²) in [4.78, 5) is 20.5. The van der Waals surface area contributed by atoms with Crippen molar-refractivity contribution in [2.45, 2.75) is 43.9 Å². The fraction of sp³-hybridized carbons (Fsp3) is 0.364. The van der Waals surface area contributed by atoms with E-state index in [1.807, 2.05) is 4.90 Å². The molecule has 3 aromatic rings. The molecule has 5 rings (SSSR count). The lowest BCUT2D eigenvalue weighted by atomic mass is 9.86. The molecule has 0 N–H and O–H groups in total. The van der Waals surface area contributed by atoms with Crippen LogP contribution in [0.2, 0.25) is 0 Å². The molecular weight excluding hydrogens is 426 g/mol. The lowest BCUT2D eigenvalue weighted by Gasteiger charge is -2.25. The molecule has 10 heteroatoms. The van der Waals surface area contributed by atoms with E-state index in [1.165, 1.54) is 41.5 Å². The van der Waals surface area contributed by atoms with E-state index in [-0.39, 0.29) is 29.6 Å². The molecule has 32 heavy (non-hydrogen) atoms. The summed E-state index contributed by atoms with van der Waals surface area (Å²) in [5.74, 6) is -0.606. The second-order valence-electron chi connectivity index (χ2n) is 8.23. The van der Waals surface area contributed by atoms with E-state index in [4.69, 9.17) is 0 Å². The Morgan fingerprint density at radius 2 is 1.88 bits per heavy atom. The Hall–Kier alpha value is -3.30. The van der Waals surface area contributed by atoms with Crippen LogP contribution in [0.15, 0.2) is 48.9 Å². The van der Waals surface area contributed by atoms with Crippen molar-refractivity contribution in [1.29, 1.82) is 0 Å². The number of amides is 1. The first-order valence-electron chi connectivity index (χ1n) is 10.3. The molecule has 166 valence electrons. The molecule has 3 atom stereocenters. The molecule has 2 aromatic heterocycles. The van der Waals surface area contributed by atoms with Crippen LogP contribution in [0.3, 0.4) is 0 Å². The number of rotatable bonds is 4. The summed E-state index contributed by atoms with van der Waals surface area (Å²) in [6.45, 7) is 0. The number of carbonyl (C=O) groups excluding carboxylic acids is 1. The van der Waals surface area contributed by atoms with E-state index in [0.29, 0.717) is 17.7 Å². The molecule has 2 bridgehead atoms. The van der Waals surface area contributed by atoms with Crippen molar-refractivity contribution in [1.82, 2.24) is 24.9 Å². The van der Waals surface area contributed by atoms with Gasteiger partial charge in [-0.15, -0.1) is 0 Å². The minimum absolute atomic E-state index is 0.0374. The van der Waals surface area contributed by atoms with Crippen molar-refractivity contribution in [2.75, 3.05) is 0 Å². The molecule has 0 radical (unpaired) electrons. The molecule has 2 saturated heterocycles. The smallest absolute Gasteiger partial charge is 0.332 e. The van der Waals surface area contributed by atoms with Crippen LogP contribution >= 0.6 is 0 Å². The predicted octanol–water partition coefficient (Wildman–Crippen LogP) is 4.06. The van der Waals surface area contributed by atoms with Crippen molar-refractivity contribution in [3.05, 3.63) is 71.6 Å². The number of hydrogen-bond donors (Lipinski definition) is 0. The fourth-order valence-electron chi connectivity index (χ4n) is 4.96. The van der Waals surface area contributed by atoms with Gasteiger partial charge in [0.1, 0.15) is 11.5 Å². The summed E-state index contributed by atoms with van der Waals surface area (Å²) in [5.41, 5.74) is 0.383. The molecule has 2 aliphatic rings. The highest BCUT2D eigenvalue weighted by Crippen LogP contribution is 2.44. The Morgan fingerprint density at radius 1 is 1.09 bits per heavy atom. The zero-order valence-corrected chi connectivity index (χ0v) is 16.8. The molecule has 4 heterocycles. The van der Waals surface area contributed by atoms with Crippen LogP contribution in [0.5, 0.6) is 0 Å². The zero-order valence-electron chi connectivity index (χ0n) is 16.8. The Morgan fingerprint density at radius 3 is 2.56 bits per heavy atom. The quantitative estimate of drug-likeness (QED) is 0.569. The molecule has 6 nitrogen and oxygen atoms in total. The lowest BCUT2D eigenvalue weighted by Crippen LogP contribution is -2.37. The number of benzene rings is 1. The SMILES string of the molecule is O=C(c1ccc(F)cc1-n1nccn1)N1C2CCC1C(Cc1ccc(C(F)(F)F)cn1)C2. The highest BCUT2D eigenvalue weighted by Gasteiger charge is 2.49. The Balaban J connectivity index is 1.37. The van der Waals surface area contributed by atoms with Gasteiger partial charge >= 0.3 is 6.18 Å². The van der Waals surface area contributed by atoms with E-state index in [9.17, 15) is 22.4 Å². The summed E-state index contributed by atoms with van der Waals surface area (Å²) < 4.78 is 52.2. The molecule has 2 aliphatic heterocycles. The molecular formula is C22H19F4N5O. The van der Waals surface area contributed by atoms with Gasteiger partial charge in [0, 0.05) is 30.0 Å². The third kappa shape index (κ3) is 3.63. The van der Waals surface area contributed by atoms with Crippen LogP contribution in [0.1, 0.15) is 40.9 Å². The fourth-order valence-corrected chi connectivity index (χ4v) is 4.96. The third-order valence-electron chi connectivity index (χ3n) is 6.35. The number of pyridine rings is 1. The van der Waals surface area contributed by atoms with E-state index in [1.54, 1.807) is 0 Å². The van der Waals surface area contributed by atoms with Gasteiger partial charge in [-0.3, -0.25) is 9.78 Å². The maximum absolute atomic E-state index is 13.9. The highest BCUT2D eigenvalue weighted by atomic mass is 19.4. The summed E-state index contributed by atoms with van der Waals surface area (Å²) in [6.07, 6.45) is 2.28. The molecule has 2 fully saturated rings. The molecule has 1 aromatic carbocycles. The van der Waals surface area contributed by atoms with Crippen molar-refractivity contribution in [2.24, 2.45) is 5.92 Å². The van der Waals surface area contributed by atoms with Gasteiger partial charge in [0.15, 0.2) is 0 Å². The van der Waals surface area contributed by atoms with Gasteiger partial charge in [0.2, 0.25) is 0 Å². The maximum atomic E-state index is 13.9. The number of hydrogen-bond acceptors (Lipinski definition) is 4. The lowest BCUT2D eigenvalue weighted by molar-refractivity contribution is -0.137. The average Bonchev–Trinajstić information content (AvgIpc) is 3.49. The zero-order chi connectivity index (χ0) is 22.5. The van der Waals surface area contributed by atoms with Gasteiger partial charge in [0.25, 0.3) is 5.91 Å². The summed E-state index contributed by atoms with van der Waals surface area (Å²) >= 11 is 0. The van der Waals surface area contributed by atoms with Crippen molar-refractivity contribution >= 4 is 5.91 Å². The first-order chi connectivity index (χ1) is 15.3. The number of carbonyl (C=O) groups is 1. The summed E-state index contributed by atoms with van der Waals surface area (Å²) in [5, 5.41) is 8.05. The van der Waals surface area contributed by atoms with Crippen LogP contribution in [-0.2, 0) is 12.6 Å². The van der Waals surface area contributed by atoms with E-state index in [0.717, 1.165) is 31.5 Å². The standard InChI is InChI=1S/C22H19F4N5O/c23-15-2-5-18(20(11-15)31-28-7-8-29-31)21(32)30-17-4-6-19(30)13(10-17)9-16-3-1-14(12-27-16)22(24,25)26/h1-3,5,7-8,11-13,17,19H,4,6,9-10H2. The van der Waals surface area contributed by atoms with Gasteiger partial charge in [-0.05, 0) is 55.9 Å². The van der Waals surface area contributed by atoms with Crippen LogP contribution in [0.25, 0.3) is 5.69 Å². The minimum Gasteiger partial charge on any atom is -0.332 e. The molecule has 0 saturated carbocycles. The third-order valence-corrected chi connectivity index (χ3v) is 6.35. The van der Waals surface area contributed by atoms with Gasteiger partial charge in [-0.1, -0.05) is 0 Å². The molecule has 3 unspecified atom stereocenters. The van der Waals surface area contributed by atoms with Gasteiger partial charge in [-0.2, -0.15) is 28.2 Å². The largest absolute Gasteiger partial charge is 0.417 e. The van der Waals surface area contributed by atoms with Crippen LogP contribution < -0.4 is 0 Å². The van der Waals surface area contributed by atoms with Crippen molar-refractivity contribution in [3.63, 3.8) is 0 Å². The Kier molecular flexibility index (Phi) is 4.94. The van der Waals surface area contributed by atoms with E-state index < -0.39 is 17.6 Å². The summed E-state index contributed by atoms with van der Waals surface area (Å²) in [7, 11) is 0. The maximum Gasteiger partial charge on any atom is 0.417 e. The first-order valence-corrected chi connectivity index (χ1v) is 10.3. The van der Waals surface area contributed by atoms with Crippen LogP contribution in [0.4, 0.5) is 17.6 Å².